The van der Waals surface area contributed by atoms with Crippen molar-refractivity contribution in [3.8, 4) is 5.69 Å². The van der Waals surface area contributed by atoms with Crippen LogP contribution in [0.2, 0.25) is 0 Å². The second-order valence-electron chi connectivity index (χ2n) is 2.95. The number of carbonyl (C=O) groups is 1. The third kappa shape index (κ3) is 1.83. The minimum Gasteiger partial charge on any atom is -0.287 e. The van der Waals surface area contributed by atoms with Crippen LogP contribution in [-0.2, 0) is 0 Å². The molecule has 4 heteroatoms. The van der Waals surface area contributed by atoms with E-state index in [1.54, 1.807) is 10.9 Å². The maximum atomic E-state index is 11.2. The molecule has 1 aromatic carbocycles. The number of hydrogen-bond donors (Lipinski definition) is 0. The molecular formula is C11H9N3O. The fourth-order valence-electron chi connectivity index (χ4n) is 1.19. The van der Waals surface area contributed by atoms with Crippen molar-refractivity contribution in [3.63, 3.8) is 0 Å². The van der Waals surface area contributed by atoms with Gasteiger partial charge in [0.1, 0.15) is 0 Å². The number of nitrogens with zero attached hydrogens (tertiary/aromatic N) is 3. The van der Waals surface area contributed by atoms with E-state index < -0.39 is 0 Å². The van der Waals surface area contributed by atoms with Crippen LogP contribution in [0.1, 0.15) is 10.5 Å². The van der Waals surface area contributed by atoms with Crippen LogP contribution in [0, 0.1) is 0 Å². The molecule has 2 aromatic rings. The van der Waals surface area contributed by atoms with E-state index in [-0.39, 0.29) is 5.78 Å². The van der Waals surface area contributed by atoms with Gasteiger partial charge in [-0.25, -0.2) is 4.68 Å². The molecule has 74 valence electrons. The van der Waals surface area contributed by atoms with Gasteiger partial charge in [0.05, 0.1) is 11.9 Å². The van der Waals surface area contributed by atoms with E-state index in [0.29, 0.717) is 5.69 Å². The van der Waals surface area contributed by atoms with Gasteiger partial charge in [0.15, 0.2) is 5.69 Å². The maximum Gasteiger partial charge on any atom is 0.207 e. The summed E-state index contributed by atoms with van der Waals surface area (Å²) >= 11 is 0. The van der Waals surface area contributed by atoms with Gasteiger partial charge in [-0.3, -0.25) is 4.79 Å². The molecule has 0 amide bonds. The second kappa shape index (κ2) is 3.88. The smallest absolute Gasteiger partial charge is 0.207 e. The summed E-state index contributed by atoms with van der Waals surface area (Å²) in [6.07, 6.45) is 2.80. The van der Waals surface area contributed by atoms with E-state index in [2.05, 4.69) is 16.9 Å². The molecule has 0 saturated carbocycles. The van der Waals surface area contributed by atoms with Crippen LogP contribution in [0.5, 0.6) is 0 Å². The number of ketones is 1. The highest BCUT2D eigenvalue weighted by atomic mass is 16.1. The summed E-state index contributed by atoms with van der Waals surface area (Å²) in [6, 6.07) is 9.47. The molecule has 2 rings (SSSR count). The van der Waals surface area contributed by atoms with E-state index in [4.69, 9.17) is 0 Å². The summed E-state index contributed by atoms with van der Waals surface area (Å²) in [5.41, 5.74) is 1.17. The fourth-order valence-corrected chi connectivity index (χ4v) is 1.19. The lowest BCUT2D eigenvalue weighted by Crippen LogP contribution is -1.94. The van der Waals surface area contributed by atoms with E-state index in [1.807, 2.05) is 30.3 Å². The van der Waals surface area contributed by atoms with Crippen molar-refractivity contribution < 1.29 is 4.79 Å². The van der Waals surface area contributed by atoms with Crippen LogP contribution >= 0.6 is 0 Å². The average molecular weight is 199 g/mol. The van der Waals surface area contributed by atoms with Crippen molar-refractivity contribution in [2.75, 3.05) is 0 Å². The first-order valence-electron chi connectivity index (χ1n) is 4.46. The lowest BCUT2D eigenvalue weighted by atomic mass is 10.3. The molecule has 0 aliphatic rings. The summed E-state index contributed by atoms with van der Waals surface area (Å²) in [4.78, 5) is 11.2. The molecule has 0 spiro atoms. The van der Waals surface area contributed by atoms with Crippen LogP contribution in [0.15, 0.2) is 49.2 Å². The van der Waals surface area contributed by atoms with Crippen molar-refractivity contribution >= 4 is 5.78 Å². The number of hydrogen-bond acceptors (Lipinski definition) is 3. The Bertz CT molecular complexity index is 488. The average Bonchev–Trinajstić information content (AvgIpc) is 2.78. The molecule has 0 atom stereocenters. The van der Waals surface area contributed by atoms with Gasteiger partial charge in [-0.15, -0.1) is 5.10 Å². The third-order valence-electron chi connectivity index (χ3n) is 1.95. The lowest BCUT2D eigenvalue weighted by Gasteiger charge is -1.96. The van der Waals surface area contributed by atoms with Crippen molar-refractivity contribution in [3.05, 3.63) is 54.9 Å². The van der Waals surface area contributed by atoms with Crippen molar-refractivity contribution in [1.82, 2.24) is 15.0 Å². The number of para-hydroxylation sites is 1. The lowest BCUT2D eigenvalue weighted by molar-refractivity contribution is 0.104. The Morgan fingerprint density at radius 1 is 1.33 bits per heavy atom. The standard InChI is InChI=1S/C11H9N3O/c1-2-11(15)10-8-14(13-12-10)9-6-4-3-5-7-9/h2-8H,1H2. The van der Waals surface area contributed by atoms with Gasteiger partial charge in [-0.05, 0) is 18.2 Å². The monoisotopic (exact) mass is 199 g/mol. The second-order valence-corrected chi connectivity index (χ2v) is 2.95. The molecule has 0 aliphatic heterocycles. The Morgan fingerprint density at radius 3 is 2.73 bits per heavy atom. The van der Waals surface area contributed by atoms with Crippen molar-refractivity contribution in [2.45, 2.75) is 0 Å². The molecule has 4 nitrogen and oxygen atoms in total. The molecule has 0 N–H and O–H groups in total. The van der Waals surface area contributed by atoms with Gasteiger partial charge in [0.25, 0.3) is 0 Å². The predicted molar refractivity (Wildman–Crippen MR) is 55.9 cm³/mol. The first-order chi connectivity index (χ1) is 7.31. The number of allylic oxidation sites excluding steroid dienone is 1. The molecule has 0 aliphatic carbocycles. The molecule has 0 unspecified atom stereocenters. The van der Waals surface area contributed by atoms with Gasteiger partial charge in [0, 0.05) is 0 Å². The zero-order chi connectivity index (χ0) is 10.7. The Balaban J connectivity index is 2.36. The highest BCUT2D eigenvalue weighted by molar-refractivity contribution is 6.02. The molecule has 0 radical (unpaired) electrons. The number of aromatic nitrogens is 3. The van der Waals surface area contributed by atoms with Crippen LogP contribution in [-0.4, -0.2) is 20.8 Å². The van der Waals surface area contributed by atoms with Gasteiger partial charge >= 0.3 is 0 Å². The van der Waals surface area contributed by atoms with Gasteiger partial charge in [0.2, 0.25) is 5.78 Å². The quantitative estimate of drug-likeness (QED) is 0.557. The number of carbonyl (C=O) groups excluding carboxylic acids is 1. The largest absolute Gasteiger partial charge is 0.287 e. The summed E-state index contributed by atoms with van der Waals surface area (Å²) in [7, 11) is 0. The summed E-state index contributed by atoms with van der Waals surface area (Å²) in [6.45, 7) is 3.39. The molecule has 1 aromatic heterocycles. The highest BCUT2D eigenvalue weighted by Crippen LogP contribution is 2.05. The molecule has 1 heterocycles. The van der Waals surface area contributed by atoms with Gasteiger partial charge < -0.3 is 0 Å². The molecule has 15 heavy (non-hydrogen) atoms. The summed E-state index contributed by atoms with van der Waals surface area (Å²) < 4.78 is 1.55. The SMILES string of the molecule is C=CC(=O)c1cn(-c2ccccc2)nn1. The highest BCUT2D eigenvalue weighted by Gasteiger charge is 2.07. The fraction of sp³-hybridized carbons (Fsp3) is 0. The summed E-state index contributed by atoms with van der Waals surface area (Å²) in [5.74, 6) is -0.225. The zero-order valence-corrected chi connectivity index (χ0v) is 8.00. The van der Waals surface area contributed by atoms with Crippen LogP contribution < -0.4 is 0 Å². The zero-order valence-electron chi connectivity index (χ0n) is 8.00. The van der Waals surface area contributed by atoms with Gasteiger partial charge in [-0.2, -0.15) is 0 Å². The Hall–Kier alpha value is -2.23. The van der Waals surface area contributed by atoms with E-state index in [9.17, 15) is 4.79 Å². The molecule has 0 bridgehead atoms. The first-order valence-corrected chi connectivity index (χ1v) is 4.46. The van der Waals surface area contributed by atoms with E-state index in [0.717, 1.165) is 5.69 Å². The van der Waals surface area contributed by atoms with Crippen LogP contribution in [0.3, 0.4) is 0 Å². The molecule has 0 fully saturated rings. The topological polar surface area (TPSA) is 47.8 Å². The number of rotatable bonds is 3. The number of benzene rings is 1. The van der Waals surface area contributed by atoms with E-state index in [1.165, 1.54) is 6.08 Å². The Labute approximate surface area is 86.9 Å². The predicted octanol–water partition coefficient (Wildman–Crippen LogP) is 1.64. The summed E-state index contributed by atoms with van der Waals surface area (Å²) in [5, 5.41) is 7.61. The minimum atomic E-state index is -0.225. The van der Waals surface area contributed by atoms with Crippen molar-refractivity contribution in [1.29, 1.82) is 0 Å². The third-order valence-corrected chi connectivity index (χ3v) is 1.95. The normalized spacial score (nSPS) is 9.87. The molecule has 0 saturated heterocycles. The minimum absolute atomic E-state index is 0.225. The molecular weight excluding hydrogens is 190 g/mol. The van der Waals surface area contributed by atoms with Crippen LogP contribution in [0.25, 0.3) is 5.69 Å². The van der Waals surface area contributed by atoms with Crippen LogP contribution in [0.4, 0.5) is 0 Å². The maximum absolute atomic E-state index is 11.2. The first kappa shape index (κ1) is 9.33. The Morgan fingerprint density at radius 2 is 2.07 bits per heavy atom. The Kier molecular flexibility index (Phi) is 2.41. The van der Waals surface area contributed by atoms with E-state index >= 15 is 0 Å². The van der Waals surface area contributed by atoms with Crippen molar-refractivity contribution in [2.24, 2.45) is 0 Å². The van der Waals surface area contributed by atoms with Gasteiger partial charge in [-0.1, -0.05) is 30.0 Å².